The number of aliphatic imine (C=N–C) groups is 1. The molecule has 3 aromatic rings. The molecule has 13 heteroatoms. The number of nitrogens with zero attached hydrogens (tertiary/aromatic N) is 3. The van der Waals surface area contributed by atoms with Crippen LogP contribution in [0.3, 0.4) is 0 Å². The lowest BCUT2D eigenvalue weighted by Crippen LogP contribution is -2.39. The highest BCUT2D eigenvalue weighted by molar-refractivity contribution is 7.99. The molecule has 0 amide bonds. The Hall–Kier alpha value is -3.16. The van der Waals surface area contributed by atoms with Gasteiger partial charge in [0.05, 0.1) is 4.75 Å². The topological polar surface area (TPSA) is 146 Å². The minimum absolute atomic E-state index is 0.157. The quantitative estimate of drug-likeness (QED) is 0.361. The zero-order chi connectivity index (χ0) is 26.4. The number of sulfonamides is 1. The van der Waals surface area contributed by atoms with Crippen LogP contribution in [0.4, 0.5) is 5.82 Å². The lowest BCUT2D eigenvalue weighted by molar-refractivity contribution is 0.174. The third-order valence-electron chi connectivity index (χ3n) is 6.01. The summed E-state index contributed by atoms with van der Waals surface area (Å²) in [6.45, 7) is 8.21. The summed E-state index contributed by atoms with van der Waals surface area (Å²) < 4.78 is 45.9. The van der Waals surface area contributed by atoms with Crippen molar-refractivity contribution in [3.05, 3.63) is 35.7 Å². The van der Waals surface area contributed by atoms with E-state index < -0.39 is 14.8 Å². The number of furan rings is 1. The number of amidine groups is 1. The monoisotopic (exact) mass is 546 g/mol. The van der Waals surface area contributed by atoms with Crippen LogP contribution in [0.25, 0.3) is 11.3 Å². The van der Waals surface area contributed by atoms with Crippen molar-refractivity contribution in [3.63, 3.8) is 0 Å². The van der Waals surface area contributed by atoms with E-state index in [9.17, 15) is 8.42 Å². The number of benzene rings is 1. The highest BCUT2D eigenvalue weighted by Crippen LogP contribution is 2.45. The molecule has 0 bridgehead atoms. The standard InChI is InChI=1S/C24H30N6O5S2/c1-14-6-7-16(35-14)15-10-17-18(34-13-33-17)11-19(15)36-23-29-20-21(25)26-12-27-22(20)30(23)9-5-8-28-37(31,32)24(2,3)4/h6-7,10-11,27-28H,5,8-9,12-13H2,1-4H3,(H2,25,26). The third-order valence-corrected chi connectivity index (χ3v) is 9.26. The van der Waals surface area contributed by atoms with Crippen LogP contribution >= 0.6 is 11.8 Å². The maximum Gasteiger partial charge on any atom is 0.231 e. The van der Waals surface area contributed by atoms with E-state index in [1.165, 1.54) is 11.8 Å². The number of nitrogens with one attached hydrogen (secondary N) is 2. The van der Waals surface area contributed by atoms with Crippen LogP contribution in [0, 0.1) is 6.92 Å². The van der Waals surface area contributed by atoms with Crippen LogP contribution in [0.2, 0.25) is 0 Å². The third kappa shape index (κ3) is 5.03. The Morgan fingerprint density at radius 3 is 2.68 bits per heavy atom. The fourth-order valence-electron chi connectivity index (χ4n) is 3.89. The van der Waals surface area contributed by atoms with Gasteiger partial charge in [-0.25, -0.2) is 23.1 Å². The highest BCUT2D eigenvalue weighted by atomic mass is 32.2. The number of fused-ring (bicyclic) bond motifs is 2. The first-order valence-corrected chi connectivity index (χ1v) is 14.2. The Bertz CT molecular complexity index is 1470. The minimum atomic E-state index is -3.43. The molecule has 4 heterocycles. The zero-order valence-corrected chi connectivity index (χ0v) is 22.8. The van der Waals surface area contributed by atoms with Gasteiger partial charge >= 0.3 is 0 Å². The molecule has 0 saturated heterocycles. The number of ether oxygens (including phenoxy) is 2. The first-order valence-electron chi connectivity index (χ1n) is 11.9. The summed E-state index contributed by atoms with van der Waals surface area (Å²) in [4.78, 5) is 9.92. The van der Waals surface area contributed by atoms with Gasteiger partial charge in [0, 0.05) is 23.5 Å². The molecular formula is C24H30N6O5S2. The molecule has 0 fully saturated rings. The molecule has 2 aliphatic rings. The molecule has 1 aromatic carbocycles. The van der Waals surface area contributed by atoms with Crippen molar-refractivity contribution >= 4 is 33.4 Å². The fraction of sp³-hybridized carbons (Fsp3) is 0.417. The molecule has 2 aromatic heterocycles. The predicted molar refractivity (Wildman–Crippen MR) is 142 cm³/mol. The van der Waals surface area contributed by atoms with Crippen molar-refractivity contribution in [2.75, 3.05) is 25.3 Å². The van der Waals surface area contributed by atoms with Crippen LogP contribution in [-0.2, 0) is 16.6 Å². The molecule has 2 aliphatic heterocycles. The minimum Gasteiger partial charge on any atom is -0.461 e. The molecule has 0 saturated carbocycles. The van der Waals surface area contributed by atoms with Crippen LogP contribution in [-0.4, -0.2) is 48.6 Å². The molecule has 11 nitrogen and oxygen atoms in total. The van der Waals surface area contributed by atoms with Gasteiger partial charge in [-0.05, 0) is 58.4 Å². The van der Waals surface area contributed by atoms with Gasteiger partial charge in [0.15, 0.2) is 16.7 Å². The van der Waals surface area contributed by atoms with E-state index in [-0.39, 0.29) is 6.79 Å². The Morgan fingerprint density at radius 2 is 1.97 bits per heavy atom. The average molecular weight is 547 g/mol. The molecule has 198 valence electrons. The Morgan fingerprint density at radius 1 is 1.22 bits per heavy atom. The van der Waals surface area contributed by atoms with Crippen molar-refractivity contribution in [1.82, 2.24) is 14.3 Å². The summed E-state index contributed by atoms with van der Waals surface area (Å²) in [7, 11) is -3.43. The molecule has 0 unspecified atom stereocenters. The Labute approximate surface area is 219 Å². The summed E-state index contributed by atoms with van der Waals surface area (Å²) in [6.07, 6.45) is 0.551. The molecule has 0 atom stereocenters. The molecule has 5 rings (SSSR count). The van der Waals surface area contributed by atoms with Crippen molar-refractivity contribution < 1.29 is 22.3 Å². The number of hydrogen-bond donors (Lipinski definition) is 3. The van der Waals surface area contributed by atoms with E-state index in [1.807, 2.05) is 35.8 Å². The number of hydrogen-bond acceptors (Lipinski definition) is 10. The second kappa shape index (κ2) is 9.62. The van der Waals surface area contributed by atoms with Crippen LogP contribution < -0.4 is 25.2 Å². The molecule has 0 spiro atoms. The van der Waals surface area contributed by atoms with Crippen molar-refractivity contribution in [2.24, 2.45) is 10.7 Å². The van der Waals surface area contributed by atoms with Gasteiger partial charge in [0.25, 0.3) is 0 Å². The summed E-state index contributed by atoms with van der Waals surface area (Å²) in [5.74, 6) is 3.91. The molecule has 37 heavy (non-hydrogen) atoms. The van der Waals surface area contributed by atoms with Gasteiger partial charge in [0.1, 0.15) is 35.5 Å². The highest BCUT2D eigenvalue weighted by Gasteiger charge is 2.29. The number of aryl methyl sites for hydroxylation is 1. The smallest absolute Gasteiger partial charge is 0.231 e. The lowest BCUT2D eigenvalue weighted by atomic mass is 10.1. The summed E-state index contributed by atoms with van der Waals surface area (Å²) in [6, 6.07) is 7.65. The van der Waals surface area contributed by atoms with Gasteiger partial charge in [-0.1, -0.05) is 11.8 Å². The first-order chi connectivity index (χ1) is 17.5. The van der Waals surface area contributed by atoms with Crippen LogP contribution in [0.5, 0.6) is 11.5 Å². The van der Waals surface area contributed by atoms with Gasteiger partial charge < -0.3 is 29.5 Å². The summed E-state index contributed by atoms with van der Waals surface area (Å²) in [5.41, 5.74) is 7.58. The molecule has 0 aliphatic carbocycles. The number of imidazole rings is 1. The maximum absolute atomic E-state index is 12.5. The van der Waals surface area contributed by atoms with E-state index in [1.54, 1.807) is 20.8 Å². The number of anilines is 1. The normalized spacial score (nSPS) is 14.9. The van der Waals surface area contributed by atoms with E-state index in [4.69, 9.17) is 24.6 Å². The number of aromatic nitrogens is 2. The second-order valence-electron chi connectivity index (χ2n) is 9.70. The van der Waals surface area contributed by atoms with Crippen molar-refractivity contribution in [3.8, 4) is 22.8 Å². The first kappa shape index (κ1) is 25.5. The van der Waals surface area contributed by atoms with E-state index in [0.29, 0.717) is 60.1 Å². The zero-order valence-electron chi connectivity index (χ0n) is 21.1. The average Bonchev–Trinajstić information content (AvgIpc) is 3.55. The lowest BCUT2D eigenvalue weighted by Gasteiger charge is -2.20. The Kier molecular flexibility index (Phi) is 6.62. The molecular weight excluding hydrogens is 516 g/mol. The summed E-state index contributed by atoms with van der Waals surface area (Å²) >= 11 is 1.44. The molecule has 0 radical (unpaired) electrons. The number of nitrogens with two attached hydrogens (primary N) is 1. The van der Waals surface area contributed by atoms with E-state index >= 15 is 0 Å². The Balaban J connectivity index is 1.46. The van der Waals surface area contributed by atoms with Crippen molar-refractivity contribution in [1.29, 1.82) is 0 Å². The van der Waals surface area contributed by atoms with Crippen LogP contribution in [0.1, 0.15) is 38.6 Å². The SMILES string of the molecule is Cc1ccc(-c2cc3c(cc2Sc2nc4c(n2CCCNS(=O)(=O)C(C)(C)C)NCN=C4N)OCO3)o1. The maximum atomic E-state index is 12.5. The van der Waals surface area contributed by atoms with Crippen molar-refractivity contribution in [2.45, 2.75) is 55.5 Å². The van der Waals surface area contributed by atoms with E-state index in [0.717, 1.165) is 22.0 Å². The van der Waals surface area contributed by atoms with Gasteiger partial charge in [-0.2, -0.15) is 0 Å². The number of rotatable bonds is 8. The van der Waals surface area contributed by atoms with Gasteiger partial charge in [0.2, 0.25) is 16.8 Å². The van der Waals surface area contributed by atoms with Gasteiger partial charge in [-0.15, -0.1) is 0 Å². The van der Waals surface area contributed by atoms with E-state index in [2.05, 4.69) is 15.0 Å². The largest absolute Gasteiger partial charge is 0.461 e. The fourth-order valence-corrected chi connectivity index (χ4v) is 5.80. The van der Waals surface area contributed by atoms with Crippen LogP contribution in [0.15, 0.2) is 43.7 Å². The summed E-state index contributed by atoms with van der Waals surface area (Å²) in [5, 5.41) is 3.94. The predicted octanol–water partition coefficient (Wildman–Crippen LogP) is 3.53. The molecule has 4 N–H and O–H groups in total. The second-order valence-corrected chi connectivity index (χ2v) is 13.2. The van der Waals surface area contributed by atoms with Gasteiger partial charge in [-0.3, -0.25) is 0 Å².